The van der Waals surface area contributed by atoms with Crippen molar-refractivity contribution in [3.8, 4) is 0 Å². The zero-order valence-corrected chi connectivity index (χ0v) is 13.6. The third-order valence-electron chi connectivity index (χ3n) is 3.69. The number of aliphatic imine (C=N–C) groups is 1. The smallest absolute Gasteiger partial charge is 0.278 e. The predicted octanol–water partition coefficient (Wildman–Crippen LogP) is 4.17. The molecular formula is C19H14N2O2S. The molecule has 0 saturated carbocycles. The normalized spacial score (nSPS) is 16.0. The second kappa shape index (κ2) is 6.29. The lowest BCUT2D eigenvalue weighted by atomic mass is 10.2. The van der Waals surface area contributed by atoms with Gasteiger partial charge in [-0.25, -0.2) is 4.99 Å². The molecule has 0 bridgehead atoms. The van der Waals surface area contributed by atoms with Crippen LogP contribution in [0.15, 0.2) is 81.3 Å². The molecule has 5 heteroatoms. The van der Waals surface area contributed by atoms with E-state index >= 15 is 0 Å². The Bertz CT molecular complexity index is 894. The van der Waals surface area contributed by atoms with Gasteiger partial charge in [0.25, 0.3) is 5.91 Å². The van der Waals surface area contributed by atoms with E-state index in [4.69, 9.17) is 4.42 Å². The van der Waals surface area contributed by atoms with Crippen LogP contribution in [0.1, 0.15) is 16.2 Å². The monoisotopic (exact) mass is 334 g/mol. The molecule has 4 nitrogen and oxygen atoms in total. The summed E-state index contributed by atoms with van der Waals surface area (Å²) in [6.07, 6.45) is 3.44. The van der Waals surface area contributed by atoms with Gasteiger partial charge in [0.1, 0.15) is 17.3 Å². The number of benzene rings is 1. The lowest BCUT2D eigenvalue weighted by molar-refractivity contribution is -0.123. The lowest BCUT2D eigenvalue weighted by Gasteiger charge is -2.16. The van der Waals surface area contributed by atoms with Crippen molar-refractivity contribution in [3.63, 3.8) is 0 Å². The molecule has 0 atom stereocenters. The summed E-state index contributed by atoms with van der Waals surface area (Å²) in [6.45, 7) is 0.362. The van der Waals surface area contributed by atoms with Crippen LogP contribution in [0.5, 0.6) is 0 Å². The van der Waals surface area contributed by atoms with Crippen LogP contribution >= 0.6 is 11.3 Å². The minimum atomic E-state index is -0.112. The molecule has 0 radical (unpaired) electrons. The van der Waals surface area contributed by atoms with Crippen LogP contribution in [-0.4, -0.2) is 16.6 Å². The molecule has 0 saturated heterocycles. The Morgan fingerprint density at radius 3 is 2.67 bits per heavy atom. The van der Waals surface area contributed by atoms with Crippen molar-refractivity contribution >= 4 is 29.2 Å². The third-order valence-corrected chi connectivity index (χ3v) is 4.51. The second-order valence-corrected chi connectivity index (χ2v) is 6.30. The summed E-state index contributed by atoms with van der Waals surface area (Å²) in [5.41, 5.74) is 1.36. The van der Waals surface area contributed by atoms with Crippen LogP contribution in [0, 0.1) is 0 Å². The van der Waals surface area contributed by atoms with E-state index in [1.807, 2.05) is 66.1 Å². The Labute approximate surface area is 143 Å². The van der Waals surface area contributed by atoms with Crippen LogP contribution in [0.2, 0.25) is 0 Å². The molecule has 0 unspecified atom stereocenters. The van der Waals surface area contributed by atoms with E-state index in [1.165, 1.54) is 0 Å². The average molecular weight is 334 g/mol. The first-order valence-electron chi connectivity index (χ1n) is 7.55. The molecule has 24 heavy (non-hydrogen) atoms. The van der Waals surface area contributed by atoms with Crippen molar-refractivity contribution in [3.05, 3.63) is 88.1 Å². The van der Waals surface area contributed by atoms with E-state index in [2.05, 4.69) is 4.99 Å². The predicted molar refractivity (Wildman–Crippen MR) is 94.5 cm³/mol. The van der Waals surface area contributed by atoms with Crippen LogP contribution in [0.4, 0.5) is 0 Å². The summed E-state index contributed by atoms with van der Waals surface area (Å²) < 4.78 is 5.40. The Morgan fingerprint density at radius 2 is 1.96 bits per heavy atom. The number of rotatable bonds is 4. The van der Waals surface area contributed by atoms with Crippen molar-refractivity contribution < 1.29 is 9.21 Å². The van der Waals surface area contributed by atoms with Gasteiger partial charge in [-0.2, -0.15) is 0 Å². The van der Waals surface area contributed by atoms with Crippen molar-refractivity contribution in [2.75, 3.05) is 0 Å². The highest BCUT2D eigenvalue weighted by molar-refractivity contribution is 7.10. The molecule has 3 aromatic rings. The summed E-state index contributed by atoms with van der Waals surface area (Å²) in [4.78, 5) is 20.1. The highest BCUT2D eigenvalue weighted by Gasteiger charge is 2.31. The molecule has 0 aliphatic carbocycles. The third kappa shape index (κ3) is 2.81. The van der Waals surface area contributed by atoms with Crippen molar-refractivity contribution in [2.45, 2.75) is 6.54 Å². The number of hydrogen-bond acceptors (Lipinski definition) is 4. The molecule has 1 aliphatic rings. The van der Waals surface area contributed by atoms with Crippen molar-refractivity contribution in [1.29, 1.82) is 0 Å². The fraction of sp³-hybridized carbons (Fsp3) is 0.0526. The number of amides is 1. The van der Waals surface area contributed by atoms with Gasteiger partial charge in [-0.15, -0.1) is 11.3 Å². The van der Waals surface area contributed by atoms with Gasteiger partial charge in [0.15, 0.2) is 0 Å². The minimum Gasteiger partial charge on any atom is -0.467 e. The molecule has 1 aromatic carbocycles. The largest absolute Gasteiger partial charge is 0.467 e. The molecule has 1 aliphatic heterocycles. The standard InChI is InChI=1S/C19H14N2O2S/c22-19-17(12-16-9-5-11-24-16)20-18(14-6-2-1-3-7-14)21(19)13-15-8-4-10-23-15/h1-12H,13H2/b17-12-. The Balaban J connectivity index is 1.74. The Hall–Kier alpha value is -2.92. The molecule has 4 rings (SSSR count). The van der Waals surface area contributed by atoms with E-state index in [1.54, 1.807) is 22.5 Å². The summed E-state index contributed by atoms with van der Waals surface area (Å²) in [5, 5.41) is 1.98. The quantitative estimate of drug-likeness (QED) is 0.672. The van der Waals surface area contributed by atoms with E-state index in [0.717, 1.165) is 16.2 Å². The zero-order chi connectivity index (χ0) is 16.4. The molecular weight excluding hydrogens is 320 g/mol. The maximum Gasteiger partial charge on any atom is 0.278 e. The molecule has 0 spiro atoms. The van der Waals surface area contributed by atoms with Crippen LogP contribution < -0.4 is 0 Å². The maximum absolute atomic E-state index is 12.8. The van der Waals surface area contributed by atoms with Gasteiger partial charge in [0.05, 0.1) is 12.8 Å². The van der Waals surface area contributed by atoms with Gasteiger partial charge in [0.2, 0.25) is 0 Å². The number of nitrogens with zero attached hydrogens (tertiary/aromatic N) is 2. The highest BCUT2D eigenvalue weighted by atomic mass is 32.1. The first-order valence-corrected chi connectivity index (χ1v) is 8.43. The SMILES string of the molecule is O=C1/C(=C/c2cccs2)N=C(c2ccccc2)N1Cc1ccco1. The fourth-order valence-corrected chi connectivity index (χ4v) is 3.22. The summed E-state index contributed by atoms with van der Waals surface area (Å²) in [6, 6.07) is 17.3. The number of hydrogen-bond donors (Lipinski definition) is 0. The summed E-state index contributed by atoms with van der Waals surface area (Å²) in [5.74, 6) is 1.27. The van der Waals surface area contributed by atoms with Gasteiger partial charge in [-0.1, -0.05) is 36.4 Å². The van der Waals surface area contributed by atoms with E-state index in [0.29, 0.717) is 18.1 Å². The average Bonchev–Trinajstić information content (AvgIpc) is 3.35. The maximum atomic E-state index is 12.8. The number of carbonyl (C=O) groups is 1. The molecule has 2 aromatic heterocycles. The summed E-state index contributed by atoms with van der Waals surface area (Å²) in [7, 11) is 0. The minimum absolute atomic E-state index is 0.112. The molecule has 0 fully saturated rings. The van der Waals surface area contributed by atoms with Crippen molar-refractivity contribution in [1.82, 2.24) is 4.90 Å². The molecule has 118 valence electrons. The molecule has 0 N–H and O–H groups in total. The van der Waals surface area contributed by atoms with Gasteiger partial charge in [-0.3, -0.25) is 9.69 Å². The van der Waals surface area contributed by atoms with Crippen LogP contribution in [0.25, 0.3) is 6.08 Å². The van der Waals surface area contributed by atoms with Crippen molar-refractivity contribution in [2.24, 2.45) is 4.99 Å². The highest BCUT2D eigenvalue weighted by Crippen LogP contribution is 2.25. The van der Waals surface area contributed by atoms with Gasteiger partial charge < -0.3 is 4.42 Å². The second-order valence-electron chi connectivity index (χ2n) is 5.32. The van der Waals surface area contributed by atoms with Gasteiger partial charge >= 0.3 is 0 Å². The van der Waals surface area contributed by atoms with Gasteiger partial charge in [-0.05, 0) is 29.7 Å². The van der Waals surface area contributed by atoms with Crippen LogP contribution in [0.3, 0.4) is 0 Å². The number of amidine groups is 1. The number of furan rings is 1. The number of thiophene rings is 1. The van der Waals surface area contributed by atoms with E-state index in [9.17, 15) is 4.79 Å². The zero-order valence-electron chi connectivity index (χ0n) is 12.8. The fourth-order valence-electron chi connectivity index (χ4n) is 2.57. The Kier molecular flexibility index (Phi) is 3.84. The first kappa shape index (κ1) is 14.7. The first-order chi connectivity index (χ1) is 11.8. The van der Waals surface area contributed by atoms with E-state index in [-0.39, 0.29) is 5.91 Å². The van der Waals surface area contributed by atoms with E-state index < -0.39 is 0 Å². The summed E-state index contributed by atoms with van der Waals surface area (Å²) >= 11 is 1.58. The lowest BCUT2D eigenvalue weighted by Crippen LogP contribution is -2.32. The molecule has 1 amide bonds. The Morgan fingerprint density at radius 1 is 1.08 bits per heavy atom. The van der Waals surface area contributed by atoms with Gasteiger partial charge in [0, 0.05) is 10.4 Å². The number of carbonyl (C=O) groups excluding carboxylic acids is 1. The van der Waals surface area contributed by atoms with Crippen LogP contribution in [-0.2, 0) is 11.3 Å². The molecule has 3 heterocycles. The topological polar surface area (TPSA) is 45.8 Å².